The molecule has 21 heavy (non-hydrogen) atoms. The Balaban J connectivity index is 2.08. The van der Waals surface area contributed by atoms with Crippen LogP contribution in [0.3, 0.4) is 0 Å². The normalized spacial score (nSPS) is 10.4. The van der Waals surface area contributed by atoms with Crippen molar-refractivity contribution in [3.63, 3.8) is 0 Å². The van der Waals surface area contributed by atoms with E-state index in [1.165, 1.54) is 23.6 Å². The van der Waals surface area contributed by atoms with E-state index in [1.54, 1.807) is 19.2 Å². The second-order valence-corrected chi connectivity index (χ2v) is 5.32. The highest BCUT2D eigenvalue weighted by molar-refractivity contribution is 7.98. The zero-order valence-electron chi connectivity index (χ0n) is 11.4. The number of tetrazole rings is 1. The van der Waals surface area contributed by atoms with Gasteiger partial charge < -0.3 is 9.47 Å². The Kier molecular flexibility index (Phi) is 5.40. The molecule has 0 fully saturated rings. The van der Waals surface area contributed by atoms with Gasteiger partial charge in [-0.3, -0.25) is 4.79 Å². The molecule has 0 saturated carbocycles. The number of carbonyl (C=O) groups excluding carboxylic acids is 1. The largest absolute Gasteiger partial charge is 0.496 e. The first kappa shape index (κ1) is 15.6. The summed E-state index contributed by atoms with van der Waals surface area (Å²) in [5.41, 5.74) is 0.919. The van der Waals surface area contributed by atoms with Crippen molar-refractivity contribution >= 4 is 29.3 Å². The highest BCUT2D eigenvalue weighted by atomic mass is 35.5. The predicted molar refractivity (Wildman–Crippen MR) is 77.4 cm³/mol. The molecule has 7 nitrogen and oxygen atoms in total. The van der Waals surface area contributed by atoms with Crippen LogP contribution in [0.1, 0.15) is 5.56 Å². The highest BCUT2D eigenvalue weighted by Gasteiger charge is 2.12. The zero-order valence-corrected chi connectivity index (χ0v) is 13.0. The maximum absolute atomic E-state index is 11.3. The van der Waals surface area contributed by atoms with Crippen molar-refractivity contribution in [2.75, 3.05) is 14.2 Å². The summed E-state index contributed by atoms with van der Waals surface area (Å²) in [4.78, 5) is 11.3. The van der Waals surface area contributed by atoms with Crippen LogP contribution in [0.25, 0.3) is 0 Å². The summed E-state index contributed by atoms with van der Waals surface area (Å²) in [5, 5.41) is 12.3. The first-order valence-corrected chi connectivity index (χ1v) is 7.28. The average Bonchev–Trinajstić information content (AvgIpc) is 2.92. The molecule has 1 aromatic heterocycles. The molecule has 0 saturated heterocycles. The van der Waals surface area contributed by atoms with Crippen molar-refractivity contribution in [1.29, 1.82) is 0 Å². The Morgan fingerprint density at radius 1 is 1.43 bits per heavy atom. The smallest absolute Gasteiger partial charge is 0.327 e. The summed E-state index contributed by atoms with van der Waals surface area (Å²) in [7, 11) is 2.91. The molecule has 0 aliphatic heterocycles. The van der Waals surface area contributed by atoms with Crippen molar-refractivity contribution in [2.24, 2.45) is 0 Å². The number of ether oxygens (including phenoxy) is 2. The minimum atomic E-state index is -0.413. The molecule has 0 bridgehead atoms. The summed E-state index contributed by atoms with van der Waals surface area (Å²) in [6.45, 7) is -0.0293. The first-order chi connectivity index (χ1) is 10.1. The fraction of sp³-hybridized carbons (Fsp3) is 0.333. The Morgan fingerprint density at radius 2 is 2.24 bits per heavy atom. The average molecular weight is 329 g/mol. The van der Waals surface area contributed by atoms with Gasteiger partial charge in [-0.05, 0) is 28.6 Å². The molecule has 0 radical (unpaired) electrons. The minimum Gasteiger partial charge on any atom is -0.496 e. The second-order valence-electron chi connectivity index (χ2n) is 3.94. The van der Waals surface area contributed by atoms with E-state index in [0.717, 1.165) is 11.3 Å². The highest BCUT2D eigenvalue weighted by Crippen LogP contribution is 2.28. The number of hydrogen-bond donors (Lipinski definition) is 0. The molecule has 112 valence electrons. The molecule has 2 aromatic rings. The Morgan fingerprint density at radius 3 is 2.95 bits per heavy atom. The molecule has 0 atom stereocenters. The van der Waals surface area contributed by atoms with Crippen LogP contribution in [0.5, 0.6) is 5.75 Å². The molecule has 0 amide bonds. The van der Waals surface area contributed by atoms with Crippen molar-refractivity contribution in [1.82, 2.24) is 20.2 Å². The van der Waals surface area contributed by atoms with Crippen LogP contribution in [0.4, 0.5) is 0 Å². The van der Waals surface area contributed by atoms with Gasteiger partial charge in [0.15, 0.2) is 0 Å². The molecule has 0 aliphatic rings. The molecule has 2 rings (SSSR count). The Hall–Kier alpha value is -1.80. The fourth-order valence-corrected chi connectivity index (χ4v) is 2.64. The van der Waals surface area contributed by atoms with Crippen molar-refractivity contribution < 1.29 is 14.3 Å². The number of methoxy groups -OCH3 is 2. The summed E-state index contributed by atoms with van der Waals surface area (Å²) < 4.78 is 11.3. The summed E-state index contributed by atoms with van der Waals surface area (Å²) in [6, 6.07) is 5.38. The number of rotatable bonds is 6. The summed E-state index contributed by atoms with van der Waals surface area (Å²) in [6.07, 6.45) is 0. The third-order valence-electron chi connectivity index (χ3n) is 2.60. The van der Waals surface area contributed by atoms with E-state index in [9.17, 15) is 4.79 Å². The van der Waals surface area contributed by atoms with Crippen LogP contribution in [0.2, 0.25) is 5.02 Å². The molecule has 1 aromatic carbocycles. The lowest BCUT2D eigenvalue weighted by Crippen LogP contribution is -2.13. The Labute approximate surface area is 130 Å². The van der Waals surface area contributed by atoms with Gasteiger partial charge >= 0.3 is 5.97 Å². The van der Waals surface area contributed by atoms with E-state index in [0.29, 0.717) is 15.9 Å². The Bertz CT molecular complexity index is 635. The van der Waals surface area contributed by atoms with Gasteiger partial charge in [-0.25, -0.2) is 4.68 Å². The van der Waals surface area contributed by atoms with Gasteiger partial charge in [0, 0.05) is 16.3 Å². The minimum absolute atomic E-state index is 0.0293. The number of aromatic nitrogens is 4. The van der Waals surface area contributed by atoms with Crippen LogP contribution in [-0.4, -0.2) is 40.4 Å². The molecule has 0 unspecified atom stereocenters. The van der Waals surface area contributed by atoms with E-state index < -0.39 is 5.97 Å². The van der Waals surface area contributed by atoms with Gasteiger partial charge in [-0.1, -0.05) is 23.4 Å². The van der Waals surface area contributed by atoms with Gasteiger partial charge in [-0.15, -0.1) is 5.10 Å². The van der Waals surface area contributed by atoms with Gasteiger partial charge in [-0.2, -0.15) is 0 Å². The maximum Gasteiger partial charge on any atom is 0.327 e. The number of thioether (sulfide) groups is 1. The van der Waals surface area contributed by atoms with Gasteiger partial charge in [0.05, 0.1) is 14.2 Å². The van der Waals surface area contributed by atoms with E-state index in [-0.39, 0.29) is 6.54 Å². The van der Waals surface area contributed by atoms with E-state index in [1.807, 2.05) is 6.07 Å². The summed E-state index contributed by atoms with van der Waals surface area (Å²) >= 11 is 7.36. The van der Waals surface area contributed by atoms with Crippen molar-refractivity contribution in [2.45, 2.75) is 17.5 Å². The van der Waals surface area contributed by atoms with Crippen LogP contribution < -0.4 is 4.74 Å². The third kappa shape index (κ3) is 4.08. The second kappa shape index (κ2) is 7.28. The molecule has 0 N–H and O–H groups in total. The SMILES string of the molecule is COC(=O)Cn1nnnc1SCc1cc(Cl)ccc1OC. The van der Waals surface area contributed by atoms with Gasteiger partial charge in [0.1, 0.15) is 12.3 Å². The molecular formula is C12H13ClN4O3S. The fourth-order valence-electron chi connectivity index (χ4n) is 1.59. The quantitative estimate of drug-likeness (QED) is 0.591. The monoisotopic (exact) mass is 328 g/mol. The standard InChI is InChI=1S/C12H13ClN4O3S/c1-19-10-4-3-9(13)5-8(10)7-21-12-14-15-16-17(12)6-11(18)20-2/h3-5H,6-7H2,1-2H3. The lowest BCUT2D eigenvalue weighted by Gasteiger charge is -2.08. The number of esters is 1. The van der Waals surface area contributed by atoms with E-state index in [4.69, 9.17) is 16.3 Å². The molecule has 0 aliphatic carbocycles. The first-order valence-electron chi connectivity index (χ1n) is 5.92. The van der Waals surface area contributed by atoms with Crippen LogP contribution in [-0.2, 0) is 21.8 Å². The molecular weight excluding hydrogens is 316 g/mol. The van der Waals surface area contributed by atoms with Gasteiger partial charge in [0.2, 0.25) is 5.16 Å². The molecule has 0 spiro atoms. The number of nitrogens with zero attached hydrogens (tertiary/aromatic N) is 4. The number of benzene rings is 1. The van der Waals surface area contributed by atoms with Crippen LogP contribution >= 0.6 is 23.4 Å². The number of halogens is 1. The lowest BCUT2D eigenvalue weighted by atomic mass is 10.2. The van der Waals surface area contributed by atoms with Crippen LogP contribution in [0.15, 0.2) is 23.4 Å². The van der Waals surface area contributed by atoms with Crippen LogP contribution in [0, 0.1) is 0 Å². The topological polar surface area (TPSA) is 79.1 Å². The number of hydrogen-bond acceptors (Lipinski definition) is 7. The predicted octanol–water partition coefficient (Wildman–Crippen LogP) is 1.80. The van der Waals surface area contributed by atoms with E-state index >= 15 is 0 Å². The zero-order chi connectivity index (χ0) is 15.2. The van der Waals surface area contributed by atoms with Crippen molar-refractivity contribution in [3.8, 4) is 5.75 Å². The molecule has 9 heteroatoms. The van der Waals surface area contributed by atoms with E-state index in [2.05, 4.69) is 20.3 Å². The van der Waals surface area contributed by atoms with Gasteiger partial charge in [0.25, 0.3) is 0 Å². The summed E-state index contributed by atoms with van der Waals surface area (Å²) in [5.74, 6) is 0.883. The lowest BCUT2D eigenvalue weighted by molar-refractivity contribution is -0.141. The molecule has 1 heterocycles. The van der Waals surface area contributed by atoms with Crippen molar-refractivity contribution in [3.05, 3.63) is 28.8 Å². The number of carbonyl (C=O) groups is 1. The maximum atomic E-state index is 11.3. The third-order valence-corrected chi connectivity index (χ3v) is 3.85.